The van der Waals surface area contributed by atoms with Crippen molar-refractivity contribution in [3.63, 3.8) is 0 Å². The molecule has 2 aromatic rings. The van der Waals surface area contributed by atoms with Crippen LogP contribution in [0.2, 0.25) is 0 Å². The highest BCUT2D eigenvalue weighted by atomic mass is 32.2. The molecule has 6 nitrogen and oxygen atoms in total. The van der Waals surface area contributed by atoms with Crippen molar-refractivity contribution < 1.29 is 13.2 Å². The van der Waals surface area contributed by atoms with Crippen LogP contribution in [0.1, 0.15) is 18.4 Å². The number of nitrogens with zero attached hydrogens (tertiary/aromatic N) is 1. The van der Waals surface area contributed by atoms with Gasteiger partial charge in [-0.1, -0.05) is 30.3 Å². The zero-order valence-corrected chi connectivity index (χ0v) is 14.4. The number of sulfone groups is 1. The summed E-state index contributed by atoms with van der Waals surface area (Å²) in [6.45, 7) is 2.30. The lowest BCUT2D eigenvalue weighted by atomic mass is 10.0. The molecule has 0 aliphatic rings. The zero-order valence-electron chi connectivity index (χ0n) is 13.6. The molecule has 1 amide bonds. The molecule has 0 aliphatic heterocycles. The van der Waals surface area contributed by atoms with E-state index in [0.29, 0.717) is 17.8 Å². The number of carbonyl (C=O) groups excluding carboxylic acids is 1. The van der Waals surface area contributed by atoms with Gasteiger partial charge in [-0.25, -0.2) is 8.42 Å². The minimum atomic E-state index is -3.34. The predicted molar refractivity (Wildman–Crippen MR) is 93.9 cm³/mol. The molecule has 0 saturated heterocycles. The van der Waals surface area contributed by atoms with E-state index in [1.165, 1.54) is 16.7 Å². The van der Waals surface area contributed by atoms with Crippen molar-refractivity contribution >= 4 is 21.4 Å². The van der Waals surface area contributed by atoms with Crippen LogP contribution in [-0.2, 0) is 21.2 Å². The highest BCUT2D eigenvalue weighted by Gasteiger charge is 2.25. The van der Waals surface area contributed by atoms with E-state index in [4.69, 9.17) is 0 Å². The molecule has 1 aromatic carbocycles. The van der Waals surface area contributed by atoms with Crippen molar-refractivity contribution in [2.24, 2.45) is 0 Å². The van der Waals surface area contributed by atoms with Crippen LogP contribution in [0.15, 0.2) is 53.5 Å². The maximum atomic E-state index is 12.6. The van der Waals surface area contributed by atoms with E-state index in [9.17, 15) is 18.0 Å². The fourth-order valence-corrected chi connectivity index (χ4v) is 3.34. The van der Waals surface area contributed by atoms with E-state index in [-0.39, 0.29) is 11.3 Å². The van der Waals surface area contributed by atoms with Crippen LogP contribution in [0.25, 0.3) is 0 Å². The monoisotopic (exact) mass is 348 g/mol. The van der Waals surface area contributed by atoms with Crippen molar-refractivity contribution in [2.45, 2.75) is 19.4 Å². The Morgan fingerprint density at radius 3 is 2.42 bits per heavy atom. The number of hydrogen-bond donors (Lipinski definition) is 1. The van der Waals surface area contributed by atoms with Crippen molar-refractivity contribution in [1.82, 2.24) is 4.57 Å². The number of nitrogens with one attached hydrogen (secondary N) is 1. The van der Waals surface area contributed by atoms with Gasteiger partial charge in [0.25, 0.3) is 5.56 Å². The Bertz CT molecular complexity index is 873. The Kier molecular flexibility index (Phi) is 5.56. The van der Waals surface area contributed by atoms with Crippen molar-refractivity contribution in [3.05, 3.63) is 64.6 Å². The molecule has 0 saturated carbocycles. The summed E-state index contributed by atoms with van der Waals surface area (Å²) in [7, 11) is -3.34. The van der Waals surface area contributed by atoms with Gasteiger partial charge in [0.2, 0.25) is 5.91 Å². The molecule has 1 aromatic heterocycles. The molecule has 1 heterocycles. The third-order valence-corrected chi connectivity index (χ3v) is 4.52. The van der Waals surface area contributed by atoms with Crippen LogP contribution in [0.4, 0.5) is 5.69 Å². The molecule has 0 bridgehead atoms. The van der Waals surface area contributed by atoms with Gasteiger partial charge in [0.05, 0.1) is 17.4 Å². The molecule has 7 heteroatoms. The van der Waals surface area contributed by atoms with Gasteiger partial charge in [0, 0.05) is 25.1 Å². The Hall–Kier alpha value is -2.41. The summed E-state index contributed by atoms with van der Waals surface area (Å²) in [5.41, 5.74) is 0.923. The first-order valence-corrected chi connectivity index (χ1v) is 9.60. The van der Waals surface area contributed by atoms with Gasteiger partial charge in [0.1, 0.15) is 9.84 Å². The normalized spacial score (nSPS) is 12.6. The summed E-state index contributed by atoms with van der Waals surface area (Å²) in [6, 6.07) is 11.6. The fraction of sp³-hybridized carbons (Fsp3) is 0.294. The lowest BCUT2D eigenvalue weighted by Gasteiger charge is -2.17. The maximum absolute atomic E-state index is 12.6. The van der Waals surface area contributed by atoms with E-state index < -0.39 is 21.7 Å². The summed E-state index contributed by atoms with van der Waals surface area (Å²) in [5, 5.41) is 2.70. The highest BCUT2D eigenvalue weighted by molar-refractivity contribution is 7.90. The lowest BCUT2D eigenvalue weighted by Crippen LogP contribution is -2.28. The third kappa shape index (κ3) is 4.79. The molecule has 1 atom stereocenters. The number of benzene rings is 1. The van der Waals surface area contributed by atoms with E-state index in [0.717, 1.165) is 6.26 Å². The minimum absolute atomic E-state index is 0.161. The molecule has 0 fully saturated rings. The quantitative estimate of drug-likeness (QED) is 0.860. The SMILES string of the molecule is CCn1cc(NC(=O)C(CS(C)(=O)=O)c2ccccc2)ccc1=O. The second-order valence-corrected chi connectivity index (χ2v) is 7.77. The molecular weight excluding hydrogens is 328 g/mol. The van der Waals surface area contributed by atoms with Gasteiger partial charge in [-0.05, 0) is 18.6 Å². The van der Waals surface area contributed by atoms with Crippen molar-refractivity contribution in [2.75, 3.05) is 17.3 Å². The summed E-state index contributed by atoms with van der Waals surface area (Å²) in [5.74, 6) is -1.52. The van der Waals surface area contributed by atoms with Gasteiger partial charge >= 0.3 is 0 Å². The molecule has 1 N–H and O–H groups in total. The maximum Gasteiger partial charge on any atom is 0.250 e. The van der Waals surface area contributed by atoms with Crippen LogP contribution < -0.4 is 10.9 Å². The van der Waals surface area contributed by atoms with Crippen LogP contribution in [0, 0.1) is 0 Å². The predicted octanol–water partition coefficient (Wildman–Crippen LogP) is 1.64. The largest absolute Gasteiger partial charge is 0.324 e. The highest BCUT2D eigenvalue weighted by Crippen LogP contribution is 2.20. The van der Waals surface area contributed by atoms with Crippen LogP contribution in [-0.4, -0.2) is 30.9 Å². The van der Waals surface area contributed by atoms with E-state index in [1.807, 2.05) is 6.92 Å². The average molecular weight is 348 g/mol. The third-order valence-electron chi connectivity index (χ3n) is 3.58. The number of anilines is 1. The summed E-state index contributed by atoms with van der Waals surface area (Å²) in [4.78, 5) is 24.2. The van der Waals surface area contributed by atoms with E-state index in [2.05, 4.69) is 5.32 Å². The molecule has 1 unspecified atom stereocenters. The van der Waals surface area contributed by atoms with E-state index >= 15 is 0 Å². The Balaban J connectivity index is 2.30. The second kappa shape index (κ2) is 7.44. The number of carbonyl (C=O) groups is 1. The minimum Gasteiger partial charge on any atom is -0.324 e. The van der Waals surface area contributed by atoms with Gasteiger partial charge < -0.3 is 9.88 Å². The molecule has 0 spiro atoms. The first-order valence-electron chi connectivity index (χ1n) is 7.54. The lowest BCUT2D eigenvalue weighted by molar-refractivity contribution is -0.117. The summed E-state index contributed by atoms with van der Waals surface area (Å²) in [6.07, 6.45) is 2.65. The van der Waals surface area contributed by atoms with Crippen molar-refractivity contribution in [3.8, 4) is 0 Å². The van der Waals surface area contributed by atoms with Crippen LogP contribution >= 0.6 is 0 Å². The number of pyridine rings is 1. The van der Waals surface area contributed by atoms with Gasteiger partial charge in [-0.3, -0.25) is 9.59 Å². The standard InChI is InChI=1S/C17H20N2O4S/c1-3-19-11-14(9-10-16(19)20)18-17(21)15(12-24(2,22)23)13-7-5-4-6-8-13/h4-11,15H,3,12H2,1-2H3,(H,18,21). The smallest absolute Gasteiger partial charge is 0.250 e. The first-order chi connectivity index (χ1) is 11.3. The number of aromatic nitrogens is 1. The first kappa shape index (κ1) is 17.9. The topological polar surface area (TPSA) is 85.2 Å². The second-order valence-electron chi connectivity index (χ2n) is 5.59. The number of aryl methyl sites for hydroxylation is 1. The van der Waals surface area contributed by atoms with Crippen LogP contribution in [0.5, 0.6) is 0 Å². The molecular formula is C17H20N2O4S. The van der Waals surface area contributed by atoms with Gasteiger partial charge in [0.15, 0.2) is 0 Å². The average Bonchev–Trinajstić information content (AvgIpc) is 2.54. The summed E-state index contributed by atoms with van der Waals surface area (Å²) >= 11 is 0. The molecule has 128 valence electrons. The number of amides is 1. The number of rotatable bonds is 6. The van der Waals surface area contributed by atoms with Crippen molar-refractivity contribution in [1.29, 1.82) is 0 Å². The van der Waals surface area contributed by atoms with Gasteiger partial charge in [-0.2, -0.15) is 0 Å². The fourth-order valence-electron chi connectivity index (χ4n) is 2.39. The molecule has 0 aliphatic carbocycles. The zero-order chi connectivity index (χ0) is 17.7. The van der Waals surface area contributed by atoms with Crippen LogP contribution in [0.3, 0.4) is 0 Å². The van der Waals surface area contributed by atoms with Gasteiger partial charge in [-0.15, -0.1) is 0 Å². The Labute approximate surface area is 141 Å². The Morgan fingerprint density at radius 2 is 1.83 bits per heavy atom. The molecule has 2 rings (SSSR count). The Morgan fingerprint density at radius 1 is 1.17 bits per heavy atom. The molecule has 24 heavy (non-hydrogen) atoms. The number of hydrogen-bond acceptors (Lipinski definition) is 4. The summed E-state index contributed by atoms with van der Waals surface area (Å²) < 4.78 is 24.8. The molecule has 0 radical (unpaired) electrons. The van der Waals surface area contributed by atoms with E-state index in [1.54, 1.807) is 36.5 Å².